The summed E-state index contributed by atoms with van der Waals surface area (Å²) >= 11 is 0. The first-order valence-corrected chi connectivity index (χ1v) is 7.73. The van der Waals surface area contributed by atoms with Crippen LogP contribution >= 0.6 is 0 Å². The molecule has 2 bridgehead atoms. The molecule has 5 rings (SSSR count). The van der Waals surface area contributed by atoms with Gasteiger partial charge in [0.15, 0.2) is 11.5 Å². The molecule has 0 aliphatic carbocycles. The van der Waals surface area contributed by atoms with Gasteiger partial charge in [-0.05, 0) is 49.5 Å². The summed E-state index contributed by atoms with van der Waals surface area (Å²) in [5, 5.41) is 3.74. The summed E-state index contributed by atoms with van der Waals surface area (Å²) in [4.78, 5) is 2.58. The van der Waals surface area contributed by atoms with E-state index in [0.717, 1.165) is 24.0 Å². The Hall–Kier alpha value is -1.26. The zero-order valence-corrected chi connectivity index (χ0v) is 11.8. The molecule has 4 aliphatic rings. The maximum absolute atomic E-state index is 5.64. The first-order valence-electron chi connectivity index (χ1n) is 7.73. The molecular weight excluding hydrogens is 252 g/mol. The summed E-state index contributed by atoms with van der Waals surface area (Å²) < 4.78 is 11.2. The molecule has 0 saturated carbocycles. The lowest BCUT2D eigenvalue weighted by atomic mass is 9.84. The second kappa shape index (κ2) is 5.26. The smallest absolute Gasteiger partial charge is 0.161 e. The second-order valence-corrected chi connectivity index (χ2v) is 6.10. The number of rotatable bonds is 3. The van der Waals surface area contributed by atoms with E-state index in [-0.39, 0.29) is 0 Å². The van der Waals surface area contributed by atoms with Crippen molar-refractivity contribution in [1.29, 1.82) is 0 Å². The largest absolute Gasteiger partial charge is 0.486 e. The quantitative estimate of drug-likeness (QED) is 0.908. The van der Waals surface area contributed by atoms with E-state index in [1.165, 1.54) is 38.0 Å². The molecule has 4 heterocycles. The maximum Gasteiger partial charge on any atom is 0.161 e. The third-order valence-corrected chi connectivity index (χ3v) is 4.83. The van der Waals surface area contributed by atoms with Crippen LogP contribution in [0.25, 0.3) is 0 Å². The predicted octanol–water partition coefficient (Wildman–Crippen LogP) is 1.64. The van der Waals surface area contributed by atoms with Gasteiger partial charge in [-0.15, -0.1) is 0 Å². The molecule has 108 valence electrons. The molecule has 0 spiro atoms. The Morgan fingerprint density at radius 3 is 2.65 bits per heavy atom. The molecule has 0 aromatic heterocycles. The van der Waals surface area contributed by atoms with E-state index < -0.39 is 0 Å². The number of hydrogen-bond donors (Lipinski definition) is 1. The zero-order valence-electron chi connectivity index (χ0n) is 11.8. The number of ether oxygens (including phenoxy) is 2. The van der Waals surface area contributed by atoms with Crippen LogP contribution < -0.4 is 14.8 Å². The third kappa shape index (κ3) is 2.38. The molecule has 20 heavy (non-hydrogen) atoms. The van der Waals surface area contributed by atoms with Gasteiger partial charge in [0.05, 0.1) is 0 Å². The number of fused-ring (bicyclic) bond motifs is 4. The lowest BCUT2D eigenvalue weighted by molar-refractivity contribution is 0.0720. The monoisotopic (exact) mass is 274 g/mol. The van der Waals surface area contributed by atoms with E-state index in [2.05, 4.69) is 22.3 Å². The molecule has 1 atom stereocenters. The van der Waals surface area contributed by atoms with Crippen molar-refractivity contribution in [3.63, 3.8) is 0 Å². The standard InChI is InChI=1S/C16H22N2O2/c1-2-15-16(20-8-7-19-15)9-12(1)10-17-14-11-18-5-3-13(14)4-6-18/h1-2,9,13-14,17H,3-8,10-11H2. The van der Waals surface area contributed by atoms with E-state index >= 15 is 0 Å². The molecule has 0 amide bonds. The molecule has 3 saturated heterocycles. The van der Waals surface area contributed by atoms with E-state index in [4.69, 9.17) is 9.47 Å². The zero-order chi connectivity index (χ0) is 13.4. The van der Waals surface area contributed by atoms with E-state index in [0.29, 0.717) is 19.3 Å². The van der Waals surface area contributed by atoms with Crippen molar-refractivity contribution in [3.8, 4) is 11.5 Å². The van der Waals surface area contributed by atoms with Crippen LogP contribution in [0.1, 0.15) is 18.4 Å². The highest BCUT2D eigenvalue weighted by Crippen LogP contribution is 2.31. The first kappa shape index (κ1) is 12.5. The van der Waals surface area contributed by atoms with E-state index in [9.17, 15) is 0 Å². The molecule has 0 radical (unpaired) electrons. The van der Waals surface area contributed by atoms with Crippen molar-refractivity contribution in [2.45, 2.75) is 25.4 Å². The lowest BCUT2D eigenvalue weighted by Crippen LogP contribution is -2.55. The fourth-order valence-electron chi connectivity index (χ4n) is 3.64. The van der Waals surface area contributed by atoms with Gasteiger partial charge in [0, 0.05) is 19.1 Å². The topological polar surface area (TPSA) is 33.7 Å². The highest BCUT2D eigenvalue weighted by molar-refractivity contribution is 5.43. The highest BCUT2D eigenvalue weighted by atomic mass is 16.6. The maximum atomic E-state index is 5.64. The van der Waals surface area contributed by atoms with Crippen molar-refractivity contribution in [2.24, 2.45) is 5.92 Å². The Kier molecular flexibility index (Phi) is 3.28. The lowest BCUT2D eigenvalue weighted by Gasteiger charge is -2.45. The van der Waals surface area contributed by atoms with Crippen LogP contribution in [-0.2, 0) is 6.54 Å². The van der Waals surface area contributed by atoms with Crippen LogP contribution in [0.3, 0.4) is 0 Å². The molecule has 4 nitrogen and oxygen atoms in total. The van der Waals surface area contributed by atoms with Gasteiger partial charge in [-0.2, -0.15) is 0 Å². The Labute approximate surface area is 120 Å². The van der Waals surface area contributed by atoms with Crippen LogP contribution in [0.4, 0.5) is 0 Å². The Morgan fingerprint density at radius 2 is 1.90 bits per heavy atom. The third-order valence-electron chi connectivity index (χ3n) is 4.83. The summed E-state index contributed by atoms with van der Waals surface area (Å²) in [6.45, 7) is 6.05. The average Bonchev–Trinajstić information content (AvgIpc) is 2.54. The van der Waals surface area contributed by atoms with Crippen molar-refractivity contribution in [1.82, 2.24) is 10.2 Å². The minimum absolute atomic E-state index is 0.656. The molecule has 1 N–H and O–H groups in total. The molecule has 4 heteroatoms. The molecule has 1 aromatic rings. The predicted molar refractivity (Wildman–Crippen MR) is 77.2 cm³/mol. The van der Waals surface area contributed by atoms with Gasteiger partial charge in [-0.3, -0.25) is 0 Å². The molecule has 3 fully saturated rings. The van der Waals surface area contributed by atoms with Gasteiger partial charge in [0.2, 0.25) is 0 Å². The summed E-state index contributed by atoms with van der Waals surface area (Å²) in [7, 11) is 0. The molecular formula is C16H22N2O2. The van der Waals surface area contributed by atoms with Crippen LogP contribution in [-0.4, -0.2) is 43.8 Å². The second-order valence-electron chi connectivity index (χ2n) is 6.10. The first-order chi connectivity index (χ1) is 9.88. The SMILES string of the molecule is c1cc2c(cc1CNC1CN3CCC1CC3)OCCO2. The van der Waals surface area contributed by atoms with Crippen molar-refractivity contribution in [2.75, 3.05) is 32.8 Å². The Bertz CT molecular complexity index is 483. The average molecular weight is 274 g/mol. The van der Waals surface area contributed by atoms with Crippen molar-refractivity contribution < 1.29 is 9.47 Å². The molecule has 1 unspecified atom stereocenters. The number of nitrogens with zero attached hydrogens (tertiary/aromatic N) is 1. The van der Waals surface area contributed by atoms with Gasteiger partial charge in [-0.1, -0.05) is 6.07 Å². The Balaban J connectivity index is 1.39. The van der Waals surface area contributed by atoms with Crippen LogP contribution in [0.2, 0.25) is 0 Å². The summed E-state index contributed by atoms with van der Waals surface area (Å²) in [6.07, 6.45) is 2.72. The van der Waals surface area contributed by atoms with Gasteiger partial charge < -0.3 is 19.7 Å². The number of benzene rings is 1. The molecule has 1 aromatic carbocycles. The minimum atomic E-state index is 0.656. The minimum Gasteiger partial charge on any atom is -0.486 e. The van der Waals surface area contributed by atoms with Gasteiger partial charge in [0.25, 0.3) is 0 Å². The van der Waals surface area contributed by atoms with Gasteiger partial charge in [-0.25, -0.2) is 0 Å². The molecule has 4 aliphatic heterocycles. The summed E-state index contributed by atoms with van der Waals surface area (Å²) in [6, 6.07) is 6.94. The van der Waals surface area contributed by atoms with Crippen molar-refractivity contribution >= 4 is 0 Å². The van der Waals surface area contributed by atoms with Gasteiger partial charge in [0.1, 0.15) is 13.2 Å². The Morgan fingerprint density at radius 1 is 1.10 bits per heavy atom. The highest BCUT2D eigenvalue weighted by Gasteiger charge is 2.33. The van der Waals surface area contributed by atoms with E-state index in [1.807, 2.05) is 6.07 Å². The normalized spacial score (nSPS) is 31.3. The van der Waals surface area contributed by atoms with E-state index in [1.54, 1.807) is 0 Å². The van der Waals surface area contributed by atoms with Crippen LogP contribution in [0.5, 0.6) is 11.5 Å². The fraction of sp³-hybridized carbons (Fsp3) is 0.625. The number of piperidine rings is 3. The van der Waals surface area contributed by atoms with Gasteiger partial charge >= 0.3 is 0 Å². The van der Waals surface area contributed by atoms with Crippen LogP contribution in [0.15, 0.2) is 18.2 Å². The van der Waals surface area contributed by atoms with Crippen LogP contribution in [0, 0.1) is 5.92 Å². The summed E-state index contributed by atoms with van der Waals surface area (Å²) in [5.41, 5.74) is 1.28. The number of nitrogens with one attached hydrogen (secondary N) is 1. The number of hydrogen-bond acceptors (Lipinski definition) is 4. The van der Waals surface area contributed by atoms with Crippen molar-refractivity contribution in [3.05, 3.63) is 23.8 Å². The summed E-state index contributed by atoms with van der Waals surface area (Å²) in [5.74, 6) is 2.64. The fourth-order valence-corrected chi connectivity index (χ4v) is 3.64.